The van der Waals surface area contributed by atoms with Crippen molar-refractivity contribution in [1.29, 1.82) is 0 Å². The third kappa shape index (κ3) is 12.1. The standard InChI is InChI=1S/C50H55N5O8.2CH4/c1-5-62-49(61)53-45(35-16-10-7-11-17-35)48(60)54-26-12-18-41(54)43(56)29-32-20-25-39-36(28-32)30-40(52-39)34-21-23-37(24-22-34)51-46(58)42-19-13-27-55(42)47(59)38(33-14-8-6-9-15-33)31-44(57)63-50(2,3)4;;/h6-11,14-17,20-25,28,30,38,41-42,45,52H,5,12-13,18-19,26-27,29,31H2,1-4H3,(H,51,58)(H,53,61);2*1H4/t38-,41+,42+,45-;;/m1../s1. The first-order valence-electron chi connectivity index (χ1n) is 21.7. The Labute approximate surface area is 382 Å². The van der Waals surface area contributed by atoms with Gasteiger partial charge >= 0.3 is 12.1 Å². The molecule has 344 valence electrons. The average Bonchev–Trinajstić information content (AvgIpc) is 4.06. The molecule has 4 aromatic carbocycles. The van der Waals surface area contributed by atoms with Crippen LogP contribution in [0.2, 0.25) is 0 Å². The lowest BCUT2D eigenvalue weighted by Crippen LogP contribution is -2.47. The second kappa shape index (κ2) is 21.7. The number of fused-ring (bicyclic) bond motifs is 1. The lowest BCUT2D eigenvalue weighted by Gasteiger charge is -2.29. The summed E-state index contributed by atoms with van der Waals surface area (Å²) < 4.78 is 10.6. The number of carbonyl (C=O) groups is 6. The largest absolute Gasteiger partial charge is 0.460 e. The third-order valence-electron chi connectivity index (χ3n) is 11.5. The number of hydrogen-bond donors (Lipinski definition) is 3. The Balaban J connectivity index is 0.00000397. The second-order valence-corrected chi connectivity index (χ2v) is 17.2. The van der Waals surface area contributed by atoms with Gasteiger partial charge in [0.15, 0.2) is 5.78 Å². The van der Waals surface area contributed by atoms with Crippen LogP contribution in [0.25, 0.3) is 22.2 Å². The lowest BCUT2D eigenvalue weighted by molar-refractivity contribution is -0.157. The number of carbonyl (C=O) groups excluding carboxylic acids is 6. The van der Waals surface area contributed by atoms with Gasteiger partial charge in [0, 0.05) is 41.8 Å². The number of H-pyrrole nitrogens is 1. The van der Waals surface area contributed by atoms with Gasteiger partial charge in [-0.25, -0.2) is 4.79 Å². The van der Waals surface area contributed by atoms with Gasteiger partial charge in [0.2, 0.25) is 11.8 Å². The molecule has 1 aromatic heterocycles. The van der Waals surface area contributed by atoms with E-state index < -0.39 is 41.7 Å². The van der Waals surface area contributed by atoms with Crippen LogP contribution in [0.15, 0.2) is 109 Å². The van der Waals surface area contributed by atoms with Crippen LogP contribution in [0.3, 0.4) is 0 Å². The topological polar surface area (TPSA) is 167 Å². The first-order valence-corrected chi connectivity index (χ1v) is 21.7. The van der Waals surface area contributed by atoms with Crippen molar-refractivity contribution >= 4 is 52.2 Å². The Morgan fingerprint density at radius 2 is 1.37 bits per heavy atom. The molecule has 0 unspecified atom stereocenters. The van der Waals surface area contributed by atoms with Crippen LogP contribution in [0, 0.1) is 0 Å². The number of likely N-dealkylation sites (tertiary alicyclic amines) is 2. The Kier molecular flexibility index (Phi) is 16.5. The minimum atomic E-state index is -0.983. The van der Waals surface area contributed by atoms with E-state index in [0.29, 0.717) is 55.6 Å². The molecule has 2 aliphatic rings. The molecule has 2 saturated heterocycles. The zero-order valence-electron chi connectivity index (χ0n) is 36.2. The fraction of sp³-hybridized carbons (Fsp3) is 0.385. The number of amides is 4. The van der Waals surface area contributed by atoms with E-state index in [9.17, 15) is 28.8 Å². The molecule has 3 N–H and O–H groups in total. The van der Waals surface area contributed by atoms with Crippen LogP contribution < -0.4 is 10.6 Å². The Hall–Kier alpha value is -6.76. The number of hydrogen-bond acceptors (Lipinski definition) is 8. The summed E-state index contributed by atoms with van der Waals surface area (Å²) in [7, 11) is 0. The molecule has 65 heavy (non-hydrogen) atoms. The van der Waals surface area contributed by atoms with Crippen LogP contribution in [-0.4, -0.2) is 87.7 Å². The predicted octanol–water partition coefficient (Wildman–Crippen LogP) is 9.14. The quantitative estimate of drug-likeness (QED) is 0.0929. The number of nitrogens with one attached hydrogen (secondary N) is 3. The summed E-state index contributed by atoms with van der Waals surface area (Å²) in [5.74, 6) is -2.24. The maximum Gasteiger partial charge on any atom is 0.408 e. The van der Waals surface area contributed by atoms with Crippen LogP contribution in [0.1, 0.15) is 103 Å². The second-order valence-electron chi connectivity index (χ2n) is 17.2. The first kappa shape index (κ1) is 49.3. The number of anilines is 1. The summed E-state index contributed by atoms with van der Waals surface area (Å²) in [5, 5.41) is 6.60. The monoisotopic (exact) mass is 885 g/mol. The van der Waals surface area contributed by atoms with Crippen molar-refractivity contribution < 1.29 is 38.2 Å². The number of ether oxygens (including phenoxy) is 2. The van der Waals surface area contributed by atoms with Gasteiger partial charge in [-0.05, 0) is 106 Å². The van der Waals surface area contributed by atoms with E-state index in [1.54, 1.807) is 61.8 Å². The van der Waals surface area contributed by atoms with E-state index in [1.807, 2.05) is 84.9 Å². The normalized spacial score (nSPS) is 16.7. The Bertz CT molecular complexity index is 2440. The summed E-state index contributed by atoms with van der Waals surface area (Å²) in [5.41, 5.74) is 4.63. The van der Waals surface area contributed by atoms with E-state index >= 15 is 0 Å². The number of Topliss-reactive ketones (excluding diaryl/α,β-unsaturated/α-hetero) is 1. The molecule has 0 saturated carbocycles. The van der Waals surface area contributed by atoms with Gasteiger partial charge in [0.25, 0.3) is 5.91 Å². The van der Waals surface area contributed by atoms with E-state index in [-0.39, 0.29) is 57.8 Å². The van der Waals surface area contributed by atoms with Gasteiger partial charge in [0.05, 0.1) is 25.0 Å². The van der Waals surface area contributed by atoms with E-state index in [2.05, 4.69) is 15.6 Å². The lowest BCUT2D eigenvalue weighted by atomic mass is 9.93. The molecule has 4 amide bonds. The summed E-state index contributed by atoms with van der Waals surface area (Å²) in [4.78, 5) is 87.4. The molecule has 0 spiro atoms. The van der Waals surface area contributed by atoms with Gasteiger partial charge in [-0.1, -0.05) is 93.7 Å². The van der Waals surface area contributed by atoms with Crippen molar-refractivity contribution in [1.82, 2.24) is 20.1 Å². The minimum absolute atomic E-state index is 0. The van der Waals surface area contributed by atoms with Crippen LogP contribution in [-0.2, 0) is 39.9 Å². The Morgan fingerprint density at radius 1 is 0.754 bits per heavy atom. The van der Waals surface area contributed by atoms with Crippen LogP contribution in [0.5, 0.6) is 0 Å². The molecule has 13 nitrogen and oxygen atoms in total. The molecule has 13 heteroatoms. The molecule has 5 aromatic rings. The molecular formula is C52H63N5O8. The number of alkyl carbamates (subject to hydrolysis) is 1. The van der Waals surface area contributed by atoms with Crippen molar-refractivity contribution in [2.45, 2.75) is 111 Å². The fourth-order valence-electron chi connectivity index (χ4n) is 8.57. The number of aromatic amines is 1. The molecule has 0 aliphatic carbocycles. The van der Waals surface area contributed by atoms with Crippen LogP contribution >= 0.6 is 0 Å². The molecule has 0 bridgehead atoms. The molecule has 0 radical (unpaired) electrons. The number of nitrogens with zero attached hydrogens (tertiary/aromatic N) is 2. The van der Waals surface area contributed by atoms with Gasteiger partial charge in [-0.15, -0.1) is 0 Å². The maximum atomic E-state index is 14.1. The SMILES string of the molecule is C.C.CCOC(=O)N[C@@H](C(=O)N1CCC[C@H]1C(=O)Cc1ccc2[nH]c(-c3ccc(NC(=O)[C@@H]4CCCN4C(=O)[C@H](CC(=O)OC(C)(C)C)c4ccccc4)cc3)cc2c1)c1ccccc1. The summed E-state index contributed by atoms with van der Waals surface area (Å²) in [6.45, 7) is 8.04. The summed E-state index contributed by atoms with van der Waals surface area (Å²) in [6.07, 6.45) is 1.70. The zero-order chi connectivity index (χ0) is 44.7. The molecular weight excluding hydrogens is 823 g/mol. The number of aromatic nitrogens is 1. The fourth-order valence-corrected chi connectivity index (χ4v) is 8.57. The predicted molar refractivity (Wildman–Crippen MR) is 253 cm³/mol. The Morgan fingerprint density at radius 3 is 2.00 bits per heavy atom. The first-order chi connectivity index (χ1) is 30.3. The number of rotatable bonds is 14. The van der Waals surface area contributed by atoms with Crippen molar-refractivity contribution in [2.75, 3.05) is 25.0 Å². The molecule has 3 heterocycles. The maximum absolute atomic E-state index is 14.1. The van der Waals surface area contributed by atoms with Crippen molar-refractivity contribution in [3.8, 4) is 11.3 Å². The zero-order valence-corrected chi connectivity index (χ0v) is 36.2. The highest BCUT2D eigenvalue weighted by Crippen LogP contribution is 2.31. The molecule has 2 aliphatic heterocycles. The van der Waals surface area contributed by atoms with E-state index in [4.69, 9.17) is 9.47 Å². The minimum Gasteiger partial charge on any atom is -0.460 e. The average molecular weight is 886 g/mol. The highest BCUT2D eigenvalue weighted by Gasteiger charge is 2.40. The number of ketones is 1. The van der Waals surface area contributed by atoms with Crippen molar-refractivity contribution in [3.63, 3.8) is 0 Å². The molecule has 4 atom stereocenters. The van der Waals surface area contributed by atoms with E-state index in [0.717, 1.165) is 27.7 Å². The smallest absolute Gasteiger partial charge is 0.408 e. The molecule has 7 rings (SSSR count). The van der Waals surface area contributed by atoms with Crippen molar-refractivity contribution in [3.05, 3.63) is 126 Å². The number of benzene rings is 4. The van der Waals surface area contributed by atoms with Crippen LogP contribution in [0.4, 0.5) is 10.5 Å². The number of esters is 1. The van der Waals surface area contributed by atoms with E-state index in [1.165, 1.54) is 0 Å². The summed E-state index contributed by atoms with van der Waals surface area (Å²) >= 11 is 0. The molecule has 2 fully saturated rings. The van der Waals surface area contributed by atoms with Crippen molar-refractivity contribution in [2.24, 2.45) is 0 Å². The van der Waals surface area contributed by atoms with Gasteiger partial charge in [-0.2, -0.15) is 0 Å². The van der Waals surface area contributed by atoms with Gasteiger partial charge in [-0.3, -0.25) is 24.0 Å². The highest BCUT2D eigenvalue weighted by atomic mass is 16.6. The summed E-state index contributed by atoms with van der Waals surface area (Å²) in [6, 6.07) is 31.1. The third-order valence-corrected chi connectivity index (χ3v) is 11.5. The van der Waals surface area contributed by atoms with Gasteiger partial charge in [0.1, 0.15) is 17.7 Å². The highest BCUT2D eigenvalue weighted by molar-refractivity contribution is 5.99. The van der Waals surface area contributed by atoms with Gasteiger partial charge < -0.3 is 34.9 Å².